The molecule has 0 saturated heterocycles. The highest BCUT2D eigenvalue weighted by Gasteiger charge is 2.26. The summed E-state index contributed by atoms with van der Waals surface area (Å²) in [6, 6.07) is 0. The Hall–Kier alpha value is -2.07. The normalized spacial score (nSPS) is 14.5. The van der Waals surface area contributed by atoms with E-state index in [2.05, 4.69) is 44.2 Å². The van der Waals surface area contributed by atoms with E-state index in [1.807, 2.05) is 12.2 Å². The standard InChI is InChI=1S/C41H74NO9P/c1-3-5-7-9-11-12-13-14-15-16-17-18-20-24-29-33-41(45)51-39(37-50-52(46,47)49-35-34-42)36-48-40(44)32-28-25-21-23-27-31-38(43)30-26-22-19-10-8-6-4-2/h6,8,14-15,19,22,26,30,38-39,43H,3-5,7,9-13,16-18,20-21,23-25,27-29,31-37,42H2,1-2H3,(H,46,47)/b8-6+,15-14-,22-19+,30-26+/t38?,39-/m1/s1. The summed E-state index contributed by atoms with van der Waals surface area (Å²) in [6.07, 6.45) is 37.3. The average molecular weight is 756 g/mol. The van der Waals surface area contributed by atoms with Gasteiger partial charge in [-0.1, -0.05) is 140 Å². The molecular formula is C41H74NO9P. The van der Waals surface area contributed by atoms with Crippen molar-refractivity contribution in [1.82, 2.24) is 0 Å². The van der Waals surface area contributed by atoms with Crippen LogP contribution in [0.1, 0.15) is 162 Å². The lowest BCUT2D eigenvalue weighted by atomic mass is 10.1. The molecule has 0 spiro atoms. The number of hydrogen-bond acceptors (Lipinski definition) is 9. The number of rotatable bonds is 37. The maximum absolute atomic E-state index is 12.5. The van der Waals surface area contributed by atoms with Crippen LogP contribution in [0.3, 0.4) is 0 Å². The van der Waals surface area contributed by atoms with E-state index in [9.17, 15) is 24.2 Å². The number of ether oxygens (including phenoxy) is 2. The summed E-state index contributed by atoms with van der Waals surface area (Å²) in [7, 11) is -4.40. The van der Waals surface area contributed by atoms with E-state index in [0.717, 1.165) is 70.6 Å². The third-order valence-corrected chi connectivity index (χ3v) is 9.29. The molecule has 0 heterocycles. The van der Waals surface area contributed by atoms with Gasteiger partial charge in [-0.2, -0.15) is 0 Å². The molecule has 0 rings (SSSR count). The van der Waals surface area contributed by atoms with E-state index >= 15 is 0 Å². The number of aliphatic hydroxyl groups excluding tert-OH is 1. The molecule has 0 bridgehead atoms. The van der Waals surface area contributed by atoms with Crippen LogP contribution in [0.15, 0.2) is 48.6 Å². The van der Waals surface area contributed by atoms with Gasteiger partial charge in [-0.25, -0.2) is 4.57 Å². The Bertz CT molecular complexity index is 1010. The molecule has 0 fully saturated rings. The van der Waals surface area contributed by atoms with Crippen LogP contribution in [-0.2, 0) is 32.7 Å². The topological polar surface area (TPSA) is 155 Å². The molecule has 0 radical (unpaired) electrons. The molecule has 0 aromatic rings. The Morgan fingerprint density at radius 3 is 1.92 bits per heavy atom. The Morgan fingerprint density at radius 2 is 1.29 bits per heavy atom. The number of nitrogens with two attached hydrogens (primary N) is 1. The van der Waals surface area contributed by atoms with Crippen LogP contribution >= 0.6 is 7.82 Å². The lowest BCUT2D eigenvalue weighted by molar-refractivity contribution is -0.161. The van der Waals surface area contributed by atoms with Gasteiger partial charge in [0.15, 0.2) is 6.10 Å². The highest BCUT2D eigenvalue weighted by atomic mass is 31.2. The van der Waals surface area contributed by atoms with Gasteiger partial charge in [0.25, 0.3) is 0 Å². The molecule has 10 nitrogen and oxygen atoms in total. The summed E-state index contributed by atoms with van der Waals surface area (Å²) < 4.78 is 32.6. The average Bonchev–Trinajstić information content (AvgIpc) is 3.12. The van der Waals surface area contributed by atoms with Crippen LogP contribution in [-0.4, -0.2) is 60.5 Å². The zero-order valence-electron chi connectivity index (χ0n) is 32.6. The summed E-state index contributed by atoms with van der Waals surface area (Å²) in [5.41, 5.74) is 5.33. The van der Waals surface area contributed by atoms with Crippen molar-refractivity contribution < 1.29 is 42.7 Å². The van der Waals surface area contributed by atoms with E-state index in [4.69, 9.17) is 24.3 Å². The molecule has 3 atom stereocenters. The summed E-state index contributed by atoms with van der Waals surface area (Å²) in [5, 5.41) is 10.1. The zero-order valence-corrected chi connectivity index (χ0v) is 33.5. The molecule has 0 amide bonds. The molecule has 2 unspecified atom stereocenters. The van der Waals surface area contributed by atoms with E-state index in [-0.39, 0.29) is 32.6 Å². The summed E-state index contributed by atoms with van der Waals surface area (Å²) >= 11 is 0. The fourth-order valence-corrected chi connectivity index (χ4v) is 6.05. The number of carbonyl (C=O) groups excluding carboxylic acids is 2. The smallest absolute Gasteiger partial charge is 0.462 e. The van der Waals surface area contributed by atoms with Crippen molar-refractivity contribution in [2.24, 2.45) is 5.73 Å². The molecule has 0 aliphatic rings. The number of allylic oxidation sites excluding steroid dienone is 7. The van der Waals surface area contributed by atoms with Gasteiger partial charge in [-0.3, -0.25) is 18.6 Å². The van der Waals surface area contributed by atoms with Gasteiger partial charge in [0.2, 0.25) is 0 Å². The van der Waals surface area contributed by atoms with Gasteiger partial charge < -0.3 is 25.2 Å². The quantitative estimate of drug-likeness (QED) is 0.0183. The second kappa shape index (κ2) is 37.3. The Balaban J connectivity index is 4.30. The highest BCUT2D eigenvalue weighted by molar-refractivity contribution is 7.47. The van der Waals surface area contributed by atoms with Crippen molar-refractivity contribution in [3.8, 4) is 0 Å². The predicted octanol–water partition coefficient (Wildman–Crippen LogP) is 10.1. The molecule has 0 aliphatic carbocycles. The number of aliphatic hydroxyl groups is 1. The fraction of sp³-hybridized carbons (Fsp3) is 0.756. The minimum atomic E-state index is -4.40. The van der Waals surface area contributed by atoms with Crippen LogP contribution in [0.25, 0.3) is 0 Å². The van der Waals surface area contributed by atoms with Gasteiger partial charge in [0.1, 0.15) is 6.61 Å². The van der Waals surface area contributed by atoms with E-state index in [1.165, 1.54) is 44.9 Å². The lowest BCUT2D eigenvalue weighted by Gasteiger charge is -2.19. The fourth-order valence-electron chi connectivity index (χ4n) is 5.28. The van der Waals surface area contributed by atoms with Crippen molar-refractivity contribution in [3.05, 3.63) is 48.6 Å². The maximum atomic E-state index is 12.5. The van der Waals surface area contributed by atoms with E-state index in [1.54, 1.807) is 6.08 Å². The number of phosphoric ester groups is 1. The highest BCUT2D eigenvalue weighted by Crippen LogP contribution is 2.43. The number of carbonyl (C=O) groups is 2. The van der Waals surface area contributed by atoms with Crippen molar-refractivity contribution >= 4 is 19.8 Å². The van der Waals surface area contributed by atoms with Crippen LogP contribution in [0.2, 0.25) is 0 Å². The first-order valence-electron chi connectivity index (χ1n) is 20.2. The second-order valence-electron chi connectivity index (χ2n) is 13.3. The summed E-state index contributed by atoms with van der Waals surface area (Å²) in [5.74, 6) is -0.918. The Morgan fingerprint density at radius 1 is 0.692 bits per heavy atom. The summed E-state index contributed by atoms with van der Waals surface area (Å²) in [4.78, 5) is 34.8. The zero-order chi connectivity index (χ0) is 38.4. The Labute approximate surface area is 316 Å². The third kappa shape index (κ3) is 36.3. The third-order valence-electron chi connectivity index (χ3n) is 8.30. The van der Waals surface area contributed by atoms with Gasteiger partial charge >= 0.3 is 19.8 Å². The SMILES string of the molecule is CC/C=C/C/C=C/C=C/C(O)CCCCCCCC(=O)OC[C@H](COP(=O)(O)OCCN)OC(=O)CCCCCCC/C=C\CCCCCCCC. The largest absolute Gasteiger partial charge is 0.472 e. The van der Waals surface area contributed by atoms with Crippen LogP contribution in [0.5, 0.6) is 0 Å². The van der Waals surface area contributed by atoms with Crippen LogP contribution < -0.4 is 5.73 Å². The predicted molar refractivity (Wildman–Crippen MR) is 212 cm³/mol. The van der Waals surface area contributed by atoms with Crippen molar-refractivity contribution in [2.45, 2.75) is 174 Å². The molecule has 0 aromatic carbocycles. The minimum absolute atomic E-state index is 0.0363. The monoisotopic (exact) mass is 756 g/mol. The van der Waals surface area contributed by atoms with Crippen molar-refractivity contribution in [3.63, 3.8) is 0 Å². The second-order valence-corrected chi connectivity index (χ2v) is 14.8. The number of unbranched alkanes of at least 4 members (excludes halogenated alkanes) is 15. The number of phosphoric acid groups is 1. The van der Waals surface area contributed by atoms with Crippen molar-refractivity contribution in [1.29, 1.82) is 0 Å². The first-order chi connectivity index (χ1) is 25.2. The van der Waals surface area contributed by atoms with Gasteiger partial charge in [0.05, 0.1) is 19.3 Å². The van der Waals surface area contributed by atoms with Gasteiger partial charge in [0, 0.05) is 19.4 Å². The first kappa shape index (κ1) is 49.9. The van der Waals surface area contributed by atoms with E-state index < -0.39 is 38.6 Å². The van der Waals surface area contributed by atoms with Crippen molar-refractivity contribution in [2.75, 3.05) is 26.4 Å². The molecule has 4 N–H and O–H groups in total. The lowest BCUT2D eigenvalue weighted by Crippen LogP contribution is -2.29. The maximum Gasteiger partial charge on any atom is 0.472 e. The molecular weight excluding hydrogens is 681 g/mol. The van der Waals surface area contributed by atoms with Crippen LogP contribution in [0, 0.1) is 0 Å². The number of esters is 2. The molecule has 0 saturated carbocycles. The van der Waals surface area contributed by atoms with Crippen LogP contribution in [0.4, 0.5) is 0 Å². The molecule has 52 heavy (non-hydrogen) atoms. The first-order valence-corrected chi connectivity index (χ1v) is 21.7. The summed E-state index contributed by atoms with van der Waals surface area (Å²) in [6.45, 7) is 3.46. The number of hydrogen-bond donors (Lipinski definition) is 3. The minimum Gasteiger partial charge on any atom is -0.462 e. The van der Waals surface area contributed by atoms with E-state index in [0.29, 0.717) is 19.3 Å². The molecule has 11 heteroatoms. The molecule has 0 aromatic heterocycles. The van der Waals surface area contributed by atoms with Gasteiger partial charge in [-0.15, -0.1) is 0 Å². The van der Waals surface area contributed by atoms with Gasteiger partial charge in [-0.05, 0) is 57.8 Å². The molecule has 0 aliphatic heterocycles. The Kier molecular flexibility index (Phi) is 35.8. The molecule has 302 valence electrons.